The smallest absolute Gasteiger partial charge is 0.137 e. The molecule has 14 heavy (non-hydrogen) atoms. The molecule has 0 aromatic carbocycles. The van der Waals surface area contributed by atoms with Crippen LogP contribution in [-0.4, -0.2) is 23.6 Å². The molecule has 0 bridgehead atoms. The Morgan fingerprint density at radius 1 is 1.36 bits per heavy atom. The van der Waals surface area contributed by atoms with Gasteiger partial charge in [0.05, 0.1) is 0 Å². The maximum atomic E-state index is 5.82. The van der Waals surface area contributed by atoms with Crippen molar-refractivity contribution in [2.45, 2.75) is 26.7 Å². The first-order valence-corrected chi connectivity index (χ1v) is 5.01. The molecule has 4 heteroatoms. The fourth-order valence-corrected chi connectivity index (χ4v) is 1.38. The highest BCUT2D eigenvalue weighted by atomic mass is 15.2. The van der Waals surface area contributed by atoms with Crippen molar-refractivity contribution in [3.05, 3.63) is 11.9 Å². The average Bonchev–Trinajstić information content (AvgIpc) is 2.20. The molecule has 0 aliphatic carbocycles. The fourth-order valence-electron chi connectivity index (χ4n) is 1.38. The van der Waals surface area contributed by atoms with Crippen LogP contribution in [0.2, 0.25) is 0 Å². The van der Waals surface area contributed by atoms with E-state index in [-0.39, 0.29) is 0 Å². The molecule has 1 aromatic rings. The van der Waals surface area contributed by atoms with Crippen LogP contribution in [0.4, 0.5) is 11.6 Å². The molecule has 0 aliphatic heterocycles. The Bertz CT molecular complexity index is 298. The first-order valence-electron chi connectivity index (χ1n) is 5.01. The van der Waals surface area contributed by atoms with Crippen molar-refractivity contribution in [2.75, 3.05) is 24.2 Å². The predicted octanol–water partition coefficient (Wildman–Crippen LogP) is 1.47. The zero-order valence-electron chi connectivity index (χ0n) is 9.12. The maximum absolute atomic E-state index is 5.82. The van der Waals surface area contributed by atoms with Crippen LogP contribution < -0.4 is 10.6 Å². The van der Waals surface area contributed by atoms with E-state index in [0.717, 1.165) is 30.8 Å². The Hall–Kier alpha value is -1.32. The molecule has 0 amide bonds. The second kappa shape index (κ2) is 4.79. The standard InChI is InChI=1S/C10H18N4/c1-4-6-8-9(11)12-7-13-10(8)14(3)5-2/h7H,4-6H2,1-3H3,(H2,11,12,13). The van der Waals surface area contributed by atoms with Gasteiger partial charge in [-0.15, -0.1) is 0 Å². The summed E-state index contributed by atoms with van der Waals surface area (Å²) in [6.45, 7) is 5.14. The molecule has 1 heterocycles. The average molecular weight is 194 g/mol. The fraction of sp³-hybridized carbons (Fsp3) is 0.600. The summed E-state index contributed by atoms with van der Waals surface area (Å²) in [4.78, 5) is 10.4. The van der Waals surface area contributed by atoms with Crippen LogP contribution in [-0.2, 0) is 6.42 Å². The second-order valence-electron chi connectivity index (χ2n) is 3.33. The predicted molar refractivity (Wildman–Crippen MR) is 59.4 cm³/mol. The molecule has 78 valence electrons. The number of hydrogen-bond donors (Lipinski definition) is 1. The molecule has 0 saturated heterocycles. The number of nitrogen functional groups attached to an aromatic ring is 1. The summed E-state index contributed by atoms with van der Waals surface area (Å²) >= 11 is 0. The topological polar surface area (TPSA) is 55.0 Å². The molecular formula is C10H18N4. The zero-order chi connectivity index (χ0) is 10.6. The third kappa shape index (κ3) is 2.13. The van der Waals surface area contributed by atoms with E-state index < -0.39 is 0 Å². The van der Waals surface area contributed by atoms with Gasteiger partial charge in [-0.3, -0.25) is 0 Å². The number of aromatic nitrogens is 2. The van der Waals surface area contributed by atoms with Crippen LogP contribution in [0.25, 0.3) is 0 Å². The summed E-state index contributed by atoms with van der Waals surface area (Å²) < 4.78 is 0. The van der Waals surface area contributed by atoms with Crippen LogP contribution in [0, 0.1) is 0 Å². The number of nitrogens with two attached hydrogens (primary N) is 1. The molecule has 0 atom stereocenters. The van der Waals surface area contributed by atoms with Gasteiger partial charge in [0.25, 0.3) is 0 Å². The maximum Gasteiger partial charge on any atom is 0.137 e. The summed E-state index contributed by atoms with van der Waals surface area (Å²) in [6, 6.07) is 0. The number of anilines is 2. The molecular weight excluding hydrogens is 176 g/mol. The van der Waals surface area contributed by atoms with Gasteiger partial charge in [-0.25, -0.2) is 9.97 Å². The Morgan fingerprint density at radius 2 is 2.07 bits per heavy atom. The van der Waals surface area contributed by atoms with Crippen molar-refractivity contribution < 1.29 is 0 Å². The van der Waals surface area contributed by atoms with Gasteiger partial charge in [0.2, 0.25) is 0 Å². The summed E-state index contributed by atoms with van der Waals surface area (Å²) in [6.07, 6.45) is 3.52. The molecule has 0 radical (unpaired) electrons. The van der Waals surface area contributed by atoms with E-state index in [4.69, 9.17) is 5.73 Å². The second-order valence-corrected chi connectivity index (χ2v) is 3.33. The van der Waals surface area contributed by atoms with Gasteiger partial charge in [0.15, 0.2) is 0 Å². The largest absolute Gasteiger partial charge is 0.383 e. The molecule has 1 rings (SSSR count). The lowest BCUT2D eigenvalue weighted by Crippen LogP contribution is -2.20. The van der Waals surface area contributed by atoms with Crippen LogP contribution in [0.5, 0.6) is 0 Å². The highest BCUT2D eigenvalue weighted by Gasteiger charge is 2.10. The van der Waals surface area contributed by atoms with Crippen LogP contribution in [0.15, 0.2) is 6.33 Å². The lowest BCUT2D eigenvalue weighted by molar-refractivity contribution is 0.863. The van der Waals surface area contributed by atoms with E-state index in [0.29, 0.717) is 5.82 Å². The van der Waals surface area contributed by atoms with E-state index in [1.54, 1.807) is 0 Å². The monoisotopic (exact) mass is 194 g/mol. The molecule has 1 aromatic heterocycles. The summed E-state index contributed by atoms with van der Waals surface area (Å²) in [5.74, 6) is 1.57. The molecule has 0 spiro atoms. The molecule has 0 saturated carbocycles. The Balaban J connectivity index is 3.07. The van der Waals surface area contributed by atoms with E-state index >= 15 is 0 Å². The summed E-state index contributed by atoms with van der Waals surface area (Å²) in [5, 5.41) is 0. The highest BCUT2D eigenvalue weighted by Crippen LogP contribution is 2.21. The number of rotatable bonds is 4. The van der Waals surface area contributed by atoms with E-state index in [1.807, 2.05) is 7.05 Å². The van der Waals surface area contributed by atoms with Crippen molar-refractivity contribution in [2.24, 2.45) is 0 Å². The molecule has 0 aliphatic rings. The van der Waals surface area contributed by atoms with Gasteiger partial charge in [-0.1, -0.05) is 13.3 Å². The minimum absolute atomic E-state index is 0.608. The van der Waals surface area contributed by atoms with Crippen molar-refractivity contribution >= 4 is 11.6 Å². The Morgan fingerprint density at radius 3 is 2.64 bits per heavy atom. The van der Waals surface area contributed by atoms with Gasteiger partial charge in [0.1, 0.15) is 18.0 Å². The van der Waals surface area contributed by atoms with E-state index in [2.05, 4.69) is 28.7 Å². The minimum atomic E-state index is 0.608. The Kier molecular flexibility index (Phi) is 3.68. The highest BCUT2D eigenvalue weighted by molar-refractivity contribution is 5.56. The molecule has 0 unspecified atom stereocenters. The van der Waals surface area contributed by atoms with Gasteiger partial charge in [-0.05, 0) is 13.3 Å². The minimum Gasteiger partial charge on any atom is -0.383 e. The van der Waals surface area contributed by atoms with Crippen molar-refractivity contribution in [1.82, 2.24) is 9.97 Å². The third-order valence-electron chi connectivity index (χ3n) is 2.29. The molecule has 2 N–H and O–H groups in total. The first-order chi connectivity index (χ1) is 6.70. The zero-order valence-corrected chi connectivity index (χ0v) is 9.12. The SMILES string of the molecule is CCCc1c(N)ncnc1N(C)CC. The van der Waals surface area contributed by atoms with Crippen molar-refractivity contribution in [3.63, 3.8) is 0 Å². The van der Waals surface area contributed by atoms with Crippen molar-refractivity contribution in [1.29, 1.82) is 0 Å². The molecule has 4 nitrogen and oxygen atoms in total. The normalized spacial score (nSPS) is 10.2. The van der Waals surface area contributed by atoms with Gasteiger partial charge >= 0.3 is 0 Å². The van der Waals surface area contributed by atoms with E-state index in [1.165, 1.54) is 6.33 Å². The summed E-state index contributed by atoms with van der Waals surface area (Å²) in [7, 11) is 2.01. The van der Waals surface area contributed by atoms with Crippen LogP contribution in [0.1, 0.15) is 25.8 Å². The number of hydrogen-bond acceptors (Lipinski definition) is 4. The van der Waals surface area contributed by atoms with Gasteiger partial charge < -0.3 is 10.6 Å². The Labute approximate surface area is 85.2 Å². The number of nitrogens with zero attached hydrogens (tertiary/aromatic N) is 3. The van der Waals surface area contributed by atoms with Crippen molar-refractivity contribution in [3.8, 4) is 0 Å². The van der Waals surface area contributed by atoms with Crippen LogP contribution in [0.3, 0.4) is 0 Å². The first kappa shape index (κ1) is 10.8. The van der Waals surface area contributed by atoms with E-state index in [9.17, 15) is 0 Å². The third-order valence-corrected chi connectivity index (χ3v) is 2.29. The molecule has 0 fully saturated rings. The lowest BCUT2D eigenvalue weighted by Gasteiger charge is -2.19. The van der Waals surface area contributed by atoms with Crippen LogP contribution >= 0.6 is 0 Å². The quantitative estimate of drug-likeness (QED) is 0.788. The van der Waals surface area contributed by atoms with Gasteiger partial charge in [0, 0.05) is 19.2 Å². The lowest BCUT2D eigenvalue weighted by atomic mass is 10.1. The van der Waals surface area contributed by atoms with Gasteiger partial charge in [-0.2, -0.15) is 0 Å². The summed E-state index contributed by atoms with van der Waals surface area (Å²) in [5.41, 5.74) is 6.89.